The first-order valence-corrected chi connectivity index (χ1v) is 23.3. The average Bonchev–Trinajstić information content (AvgIpc) is 2.93. The topological polar surface area (TPSA) is 75.6 Å². The predicted octanol–water partition coefficient (Wildman–Crippen LogP) is 10.1. The molecule has 270 valence electrons. The van der Waals surface area contributed by atoms with E-state index in [-0.39, 0.29) is 46.2 Å². The van der Waals surface area contributed by atoms with Crippen LogP contribution in [-0.2, 0) is 24.7 Å². The molecule has 0 amide bonds. The second-order valence-electron chi connectivity index (χ2n) is 16.6. The smallest absolute Gasteiger partial charge is 0.192 e. The number of methoxy groups -OCH3 is 2. The van der Waals surface area contributed by atoms with Crippen LogP contribution in [0.5, 0.6) is 17.2 Å². The lowest BCUT2D eigenvalue weighted by Gasteiger charge is -2.45. The number of aromatic hydroxyl groups is 1. The molecule has 1 N–H and O–H groups in total. The second kappa shape index (κ2) is 17.5. The summed E-state index contributed by atoms with van der Waals surface area (Å²) in [6.45, 7) is 37.0. The van der Waals surface area contributed by atoms with Crippen molar-refractivity contribution in [1.82, 2.24) is 0 Å². The van der Waals surface area contributed by atoms with Gasteiger partial charge in [0.15, 0.2) is 34.4 Å². The normalized spacial score (nSPS) is 17.3. The Balaban J connectivity index is 3.46. The van der Waals surface area contributed by atoms with Gasteiger partial charge in [-0.3, -0.25) is 0 Å². The monoisotopic (exact) mass is 684 g/mol. The van der Waals surface area contributed by atoms with Gasteiger partial charge in [0.1, 0.15) is 5.75 Å². The van der Waals surface area contributed by atoms with Gasteiger partial charge in [0.2, 0.25) is 0 Å². The molecule has 0 aliphatic rings. The Morgan fingerprint density at radius 2 is 1.41 bits per heavy atom. The standard InChI is InChI=1S/C37H72O7Si2/c1-19-41-29(6)43-31(21-20-25(2)24-42-45(15,16)36(7,8)9)27(4)34(44-46(17,18)37(10,11)12)26(3)22-30-23-32(39-13)28(5)35(40-14)33(30)38/h23,25-27,29,31,34,38H,19-22,24H2,1-18H3/t25-,26-,27-,29?,31+,34+/m0/s1. The molecule has 0 spiro atoms. The molecule has 1 rings (SSSR count). The SMILES string of the molecule is CCOC(C)O[C@H](CC[C@H](C)CO[Si](C)(C)C(C)(C)C)[C@H](C)[C@H](O[Si](C)(C)C(C)(C)C)[C@@H](C)Cc1cc(OC)c(C)c(OC)c1O. The van der Waals surface area contributed by atoms with Gasteiger partial charge >= 0.3 is 0 Å². The van der Waals surface area contributed by atoms with E-state index in [1.54, 1.807) is 14.2 Å². The van der Waals surface area contributed by atoms with E-state index >= 15 is 0 Å². The fraction of sp³-hybridized carbons (Fsp3) is 0.838. The predicted molar refractivity (Wildman–Crippen MR) is 198 cm³/mol. The van der Waals surface area contributed by atoms with Crippen molar-refractivity contribution >= 4 is 16.6 Å². The molecule has 0 heterocycles. The van der Waals surface area contributed by atoms with Gasteiger partial charge in [-0.15, -0.1) is 0 Å². The van der Waals surface area contributed by atoms with E-state index < -0.39 is 16.6 Å². The van der Waals surface area contributed by atoms with Crippen LogP contribution in [0.15, 0.2) is 6.07 Å². The van der Waals surface area contributed by atoms with Gasteiger partial charge in [0.25, 0.3) is 0 Å². The lowest BCUT2D eigenvalue weighted by Crippen LogP contribution is -2.50. The van der Waals surface area contributed by atoms with Gasteiger partial charge in [-0.1, -0.05) is 62.3 Å². The molecule has 7 nitrogen and oxygen atoms in total. The first-order valence-electron chi connectivity index (χ1n) is 17.5. The molecular formula is C37H72O7Si2. The van der Waals surface area contributed by atoms with E-state index in [4.69, 9.17) is 27.8 Å². The first kappa shape index (κ1) is 42.9. The Bertz CT molecular complexity index is 1060. The largest absolute Gasteiger partial charge is 0.504 e. The zero-order valence-electron chi connectivity index (χ0n) is 33.0. The van der Waals surface area contributed by atoms with Crippen molar-refractivity contribution in [2.24, 2.45) is 17.8 Å². The number of benzene rings is 1. The Kier molecular flexibility index (Phi) is 16.3. The molecule has 1 aromatic carbocycles. The molecule has 0 fully saturated rings. The van der Waals surface area contributed by atoms with Crippen molar-refractivity contribution < 1.29 is 32.9 Å². The summed E-state index contributed by atoms with van der Waals surface area (Å²) < 4.78 is 37.7. The Morgan fingerprint density at radius 1 is 0.848 bits per heavy atom. The van der Waals surface area contributed by atoms with E-state index in [0.29, 0.717) is 30.4 Å². The zero-order valence-corrected chi connectivity index (χ0v) is 35.0. The van der Waals surface area contributed by atoms with E-state index in [2.05, 4.69) is 88.5 Å². The van der Waals surface area contributed by atoms with Crippen LogP contribution >= 0.6 is 0 Å². The number of phenolic OH excluding ortho intramolecular Hbond substituents is 1. The van der Waals surface area contributed by atoms with Crippen LogP contribution in [0.25, 0.3) is 0 Å². The first-order chi connectivity index (χ1) is 20.9. The molecule has 0 saturated heterocycles. The molecule has 0 saturated carbocycles. The zero-order chi connectivity index (χ0) is 35.8. The van der Waals surface area contributed by atoms with Crippen molar-refractivity contribution in [3.05, 3.63) is 17.2 Å². The molecule has 46 heavy (non-hydrogen) atoms. The summed E-state index contributed by atoms with van der Waals surface area (Å²) >= 11 is 0. The minimum absolute atomic E-state index is 0.0354. The number of hydrogen-bond donors (Lipinski definition) is 1. The van der Waals surface area contributed by atoms with Crippen LogP contribution in [0.2, 0.25) is 36.3 Å². The molecule has 0 aliphatic heterocycles. The maximum absolute atomic E-state index is 11.2. The van der Waals surface area contributed by atoms with Crippen LogP contribution < -0.4 is 9.47 Å². The summed E-state index contributed by atoms with van der Waals surface area (Å²) in [6.07, 6.45) is 1.95. The highest BCUT2D eigenvalue weighted by atomic mass is 28.4. The van der Waals surface area contributed by atoms with Gasteiger partial charge in [0.05, 0.1) is 26.4 Å². The van der Waals surface area contributed by atoms with Gasteiger partial charge in [-0.05, 0) is 94.2 Å². The molecule has 0 aromatic heterocycles. The number of phenols is 1. The summed E-state index contributed by atoms with van der Waals surface area (Å²) in [7, 11) is -0.771. The quantitative estimate of drug-likeness (QED) is 0.115. The number of rotatable bonds is 19. The van der Waals surface area contributed by atoms with E-state index in [1.807, 2.05) is 26.8 Å². The third-order valence-electron chi connectivity index (χ3n) is 10.6. The molecule has 0 bridgehead atoms. The minimum atomic E-state index is -2.18. The minimum Gasteiger partial charge on any atom is -0.504 e. The van der Waals surface area contributed by atoms with Crippen LogP contribution in [-0.4, -0.2) is 67.7 Å². The summed E-state index contributed by atoms with van der Waals surface area (Å²) in [4.78, 5) is 0. The lowest BCUT2D eigenvalue weighted by molar-refractivity contribution is -0.181. The Hall–Kier alpha value is -1.11. The molecule has 9 heteroatoms. The third-order valence-corrected chi connectivity index (χ3v) is 19.6. The highest BCUT2D eigenvalue weighted by Crippen LogP contribution is 2.44. The Labute approximate surface area is 285 Å². The lowest BCUT2D eigenvalue weighted by atomic mass is 9.83. The van der Waals surface area contributed by atoms with E-state index in [9.17, 15) is 5.11 Å². The van der Waals surface area contributed by atoms with Crippen molar-refractivity contribution in [3.63, 3.8) is 0 Å². The van der Waals surface area contributed by atoms with Crippen molar-refractivity contribution in [3.8, 4) is 17.2 Å². The van der Waals surface area contributed by atoms with E-state index in [0.717, 1.165) is 30.6 Å². The highest BCUT2D eigenvalue weighted by Gasteiger charge is 2.43. The van der Waals surface area contributed by atoms with Gasteiger partial charge in [-0.25, -0.2) is 0 Å². The molecule has 0 aliphatic carbocycles. The number of ether oxygens (including phenoxy) is 4. The fourth-order valence-corrected chi connectivity index (χ4v) is 8.01. The van der Waals surface area contributed by atoms with E-state index in [1.165, 1.54) is 0 Å². The van der Waals surface area contributed by atoms with Crippen molar-refractivity contribution in [1.29, 1.82) is 0 Å². The van der Waals surface area contributed by atoms with Crippen LogP contribution in [0.3, 0.4) is 0 Å². The fourth-order valence-electron chi connectivity index (χ4n) is 5.40. The van der Waals surface area contributed by atoms with Gasteiger partial charge < -0.3 is 32.9 Å². The van der Waals surface area contributed by atoms with Crippen LogP contribution in [0.1, 0.15) is 100 Å². The summed E-state index contributed by atoms with van der Waals surface area (Å²) in [6, 6.07) is 1.94. The second-order valence-corrected chi connectivity index (χ2v) is 26.1. The summed E-state index contributed by atoms with van der Waals surface area (Å²) in [5.41, 5.74) is 1.57. The molecule has 6 atom stereocenters. The Morgan fingerprint density at radius 3 is 1.89 bits per heavy atom. The summed E-state index contributed by atoms with van der Waals surface area (Å²) in [5.74, 6) is 1.86. The average molecular weight is 685 g/mol. The van der Waals surface area contributed by atoms with Gasteiger partial charge in [-0.2, -0.15) is 0 Å². The number of hydrogen-bond acceptors (Lipinski definition) is 7. The van der Waals surface area contributed by atoms with Crippen molar-refractivity contribution in [2.75, 3.05) is 27.4 Å². The molecule has 1 unspecified atom stereocenters. The highest BCUT2D eigenvalue weighted by molar-refractivity contribution is 6.74. The van der Waals surface area contributed by atoms with Crippen LogP contribution in [0.4, 0.5) is 0 Å². The maximum atomic E-state index is 11.2. The van der Waals surface area contributed by atoms with Gasteiger partial charge in [0, 0.05) is 30.3 Å². The summed E-state index contributed by atoms with van der Waals surface area (Å²) in [5, 5.41) is 11.5. The molecular weight excluding hydrogens is 613 g/mol. The maximum Gasteiger partial charge on any atom is 0.192 e. The third kappa shape index (κ3) is 11.8. The molecule has 0 radical (unpaired) electrons. The molecule has 1 aromatic rings. The van der Waals surface area contributed by atoms with Crippen molar-refractivity contribution in [2.45, 2.75) is 157 Å². The van der Waals surface area contributed by atoms with Crippen LogP contribution in [0, 0.1) is 24.7 Å².